The van der Waals surface area contributed by atoms with Gasteiger partial charge in [0.25, 0.3) is 0 Å². The van der Waals surface area contributed by atoms with Crippen molar-refractivity contribution in [3.63, 3.8) is 0 Å². The van der Waals surface area contributed by atoms with Gasteiger partial charge in [0.05, 0.1) is 0 Å². The number of aliphatic carboxylic acids is 1. The smallest absolute Gasteiger partial charge is 0.319 e. The molecule has 0 aliphatic heterocycles. The Morgan fingerprint density at radius 3 is 2.62 bits per heavy atom. The summed E-state index contributed by atoms with van der Waals surface area (Å²) in [5, 5.41) is 14.2. The molecule has 1 rings (SSSR count). The highest BCUT2D eigenvalue weighted by Gasteiger charge is 2.19. The fourth-order valence-corrected chi connectivity index (χ4v) is 2.23. The molecule has 0 heterocycles. The molecular weight excluding hydrogens is 336 g/mol. The van der Waals surface area contributed by atoms with Crippen LogP contribution in [0.15, 0.2) is 28.7 Å². The fraction of sp³-hybridized carbons (Fsp3) is 0.467. The normalized spacial score (nSPS) is 11.0. The molecule has 0 spiro atoms. The topological polar surface area (TPSA) is 78.4 Å². The molecule has 0 unspecified atom stereocenters. The molecule has 0 aliphatic rings. The molecule has 1 aromatic carbocycles. The number of benzene rings is 1. The zero-order valence-electron chi connectivity index (χ0n) is 12.3. The molecule has 0 atom stereocenters. The number of hydrogen-bond acceptors (Lipinski definition) is 2. The molecule has 0 saturated heterocycles. The molecule has 6 heteroatoms. The van der Waals surface area contributed by atoms with Crippen LogP contribution in [0.2, 0.25) is 0 Å². The molecule has 5 nitrogen and oxygen atoms in total. The zero-order chi connectivity index (χ0) is 15.9. The monoisotopic (exact) mass is 356 g/mol. The van der Waals surface area contributed by atoms with Gasteiger partial charge in [0.1, 0.15) is 0 Å². The molecule has 0 saturated carbocycles. The molecule has 0 radical (unpaired) electrons. The number of amides is 2. The highest BCUT2D eigenvalue weighted by molar-refractivity contribution is 9.10. The van der Waals surface area contributed by atoms with Gasteiger partial charge in [0, 0.05) is 23.1 Å². The Hall–Kier alpha value is -1.56. The molecule has 21 heavy (non-hydrogen) atoms. The van der Waals surface area contributed by atoms with E-state index in [-0.39, 0.29) is 17.9 Å². The highest BCUT2D eigenvalue weighted by atomic mass is 79.9. The minimum atomic E-state index is -0.788. The van der Waals surface area contributed by atoms with Crippen LogP contribution in [0, 0.1) is 5.41 Å². The van der Waals surface area contributed by atoms with E-state index >= 15 is 0 Å². The second kappa shape index (κ2) is 8.02. The maximum atomic E-state index is 11.7. The third-order valence-electron chi connectivity index (χ3n) is 3.19. The quantitative estimate of drug-likeness (QED) is 0.694. The maximum absolute atomic E-state index is 11.7. The Balaban J connectivity index is 2.31. The largest absolute Gasteiger partial charge is 0.481 e. The second-order valence-electron chi connectivity index (χ2n) is 5.70. The lowest BCUT2D eigenvalue weighted by molar-refractivity contribution is -0.137. The minimum absolute atomic E-state index is 0.110. The van der Waals surface area contributed by atoms with Gasteiger partial charge in [-0.25, -0.2) is 4.79 Å². The second-order valence-corrected chi connectivity index (χ2v) is 6.61. The Morgan fingerprint density at radius 2 is 2.00 bits per heavy atom. The predicted molar refractivity (Wildman–Crippen MR) is 86.4 cm³/mol. The van der Waals surface area contributed by atoms with Crippen LogP contribution in [-0.2, 0) is 4.79 Å². The van der Waals surface area contributed by atoms with E-state index in [1.807, 2.05) is 32.0 Å². The Bertz CT molecular complexity index is 503. The van der Waals surface area contributed by atoms with E-state index in [4.69, 9.17) is 5.11 Å². The van der Waals surface area contributed by atoms with Gasteiger partial charge in [0.2, 0.25) is 0 Å². The molecular formula is C15H21BrN2O3. The number of carbonyl (C=O) groups excluding carboxylic acids is 1. The third kappa shape index (κ3) is 7.70. The number of carboxylic acid groups (broad SMARTS) is 1. The molecule has 0 bridgehead atoms. The van der Waals surface area contributed by atoms with Crippen molar-refractivity contribution in [1.82, 2.24) is 5.32 Å². The number of rotatable bonds is 7. The van der Waals surface area contributed by atoms with E-state index in [2.05, 4.69) is 26.6 Å². The summed E-state index contributed by atoms with van der Waals surface area (Å²) in [7, 11) is 0. The number of carbonyl (C=O) groups is 2. The van der Waals surface area contributed by atoms with Crippen LogP contribution in [0.1, 0.15) is 33.1 Å². The Kier molecular flexibility index (Phi) is 6.68. The molecule has 1 aromatic rings. The minimum Gasteiger partial charge on any atom is -0.481 e. The lowest BCUT2D eigenvalue weighted by atomic mass is 9.84. The lowest BCUT2D eigenvalue weighted by Gasteiger charge is -2.23. The van der Waals surface area contributed by atoms with Gasteiger partial charge in [-0.3, -0.25) is 4.79 Å². The molecule has 3 N–H and O–H groups in total. The molecule has 0 fully saturated rings. The van der Waals surface area contributed by atoms with Gasteiger partial charge in [0.15, 0.2) is 0 Å². The number of urea groups is 1. The first-order valence-electron chi connectivity index (χ1n) is 6.81. The van der Waals surface area contributed by atoms with Crippen LogP contribution in [0.3, 0.4) is 0 Å². The van der Waals surface area contributed by atoms with E-state index in [1.165, 1.54) is 0 Å². The van der Waals surface area contributed by atoms with Crippen molar-refractivity contribution < 1.29 is 14.7 Å². The predicted octanol–water partition coefficient (Wildman–Crippen LogP) is 3.85. The standard InChI is InChI=1S/C15H21BrN2O3/c1-15(2,7-6-13(19)20)8-9-17-14(21)18-12-5-3-4-11(16)10-12/h3-5,10H,6-9H2,1-2H3,(H,19,20)(H2,17,18,21). The van der Waals surface area contributed by atoms with Crippen LogP contribution in [0.25, 0.3) is 0 Å². The maximum Gasteiger partial charge on any atom is 0.319 e. The van der Waals surface area contributed by atoms with Crippen LogP contribution in [-0.4, -0.2) is 23.7 Å². The Labute approximate surface area is 133 Å². The van der Waals surface area contributed by atoms with Crippen molar-refractivity contribution >= 4 is 33.6 Å². The first kappa shape index (κ1) is 17.5. The summed E-state index contributed by atoms with van der Waals surface area (Å²) in [6.45, 7) is 4.51. The van der Waals surface area contributed by atoms with Crippen molar-refractivity contribution in [3.8, 4) is 0 Å². The SMILES string of the molecule is CC(C)(CCNC(=O)Nc1cccc(Br)c1)CCC(=O)O. The van der Waals surface area contributed by atoms with Gasteiger partial charge < -0.3 is 15.7 Å². The van der Waals surface area contributed by atoms with Gasteiger partial charge in [-0.15, -0.1) is 0 Å². The van der Waals surface area contributed by atoms with Crippen molar-refractivity contribution in [1.29, 1.82) is 0 Å². The number of halogens is 1. The average molecular weight is 357 g/mol. The van der Waals surface area contributed by atoms with Gasteiger partial charge >= 0.3 is 12.0 Å². The third-order valence-corrected chi connectivity index (χ3v) is 3.68. The summed E-state index contributed by atoms with van der Waals surface area (Å²) in [5.41, 5.74) is 0.605. The number of hydrogen-bond donors (Lipinski definition) is 3. The highest BCUT2D eigenvalue weighted by Crippen LogP contribution is 2.26. The van der Waals surface area contributed by atoms with E-state index in [0.29, 0.717) is 18.7 Å². The number of anilines is 1. The van der Waals surface area contributed by atoms with Crippen molar-refractivity contribution in [2.45, 2.75) is 33.1 Å². The lowest BCUT2D eigenvalue weighted by Crippen LogP contribution is -2.32. The van der Waals surface area contributed by atoms with Crippen molar-refractivity contribution in [2.24, 2.45) is 5.41 Å². The van der Waals surface area contributed by atoms with Crippen molar-refractivity contribution in [2.75, 3.05) is 11.9 Å². The first-order valence-corrected chi connectivity index (χ1v) is 7.60. The van der Waals surface area contributed by atoms with Crippen LogP contribution in [0.4, 0.5) is 10.5 Å². The molecule has 0 aromatic heterocycles. The first-order chi connectivity index (χ1) is 9.78. The summed E-state index contributed by atoms with van der Waals surface area (Å²) in [6.07, 6.45) is 1.47. The molecule has 0 aliphatic carbocycles. The number of nitrogens with one attached hydrogen (secondary N) is 2. The van der Waals surface area contributed by atoms with Gasteiger partial charge in [-0.2, -0.15) is 0 Å². The van der Waals surface area contributed by atoms with E-state index in [0.717, 1.165) is 10.9 Å². The number of carboxylic acids is 1. The molecule has 116 valence electrons. The summed E-state index contributed by atoms with van der Waals surface area (Å²) < 4.78 is 0.898. The summed E-state index contributed by atoms with van der Waals surface area (Å²) in [5.74, 6) is -0.788. The summed E-state index contributed by atoms with van der Waals surface area (Å²) in [6, 6.07) is 7.09. The summed E-state index contributed by atoms with van der Waals surface area (Å²) >= 11 is 3.34. The summed E-state index contributed by atoms with van der Waals surface area (Å²) in [4.78, 5) is 22.3. The fourth-order valence-electron chi connectivity index (χ4n) is 1.83. The van der Waals surface area contributed by atoms with E-state index in [9.17, 15) is 9.59 Å². The Morgan fingerprint density at radius 1 is 1.29 bits per heavy atom. The molecule has 2 amide bonds. The van der Waals surface area contributed by atoms with E-state index < -0.39 is 5.97 Å². The zero-order valence-corrected chi connectivity index (χ0v) is 13.9. The van der Waals surface area contributed by atoms with Crippen LogP contribution in [0.5, 0.6) is 0 Å². The van der Waals surface area contributed by atoms with Gasteiger partial charge in [-0.05, 0) is 36.5 Å². The van der Waals surface area contributed by atoms with Crippen LogP contribution >= 0.6 is 15.9 Å². The van der Waals surface area contributed by atoms with Crippen molar-refractivity contribution in [3.05, 3.63) is 28.7 Å². The van der Waals surface area contributed by atoms with E-state index in [1.54, 1.807) is 6.07 Å². The van der Waals surface area contributed by atoms with Gasteiger partial charge in [-0.1, -0.05) is 35.8 Å². The van der Waals surface area contributed by atoms with Crippen LogP contribution < -0.4 is 10.6 Å². The average Bonchev–Trinajstić information content (AvgIpc) is 2.36.